The van der Waals surface area contributed by atoms with Gasteiger partial charge in [0.05, 0.1) is 13.0 Å². The topological polar surface area (TPSA) is 72.5 Å². The van der Waals surface area contributed by atoms with Gasteiger partial charge in [-0.3, -0.25) is 4.79 Å². The second-order valence-electron chi connectivity index (χ2n) is 4.25. The number of hydrogen-bond donors (Lipinski definition) is 2. The summed E-state index contributed by atoms with van der Waals surface area (Å²) in [5.41, 5.74) is 6.41. The van der Waals surface area contributed by atoms with Crippen LogP contribution in [0.15, 0.2) is 30.3 Å². The lowest BCUT2D eigenvalue weighted by Gasteiger charge is -2.15. The van der Waals surface area contributed by atoms with Gasteiger partial charge in [0.25, 0.3) is 0 Å². The predicted molar refractivity (Wildman–Crippen MR) is 70.5 cm³/mol. The summed E-state index contributed by atoms with van der Waals surface area (Å²) in [6, 6.07) is 9.78. The van der Waals surface area contributed by atoms with Gasteiger partial charge >= 0.3 is 5.97 Å². The van der Waals surface area contributed by atoms with Crippen LogP contribution >= 0.6 is 0 Å². The quantitative estimate of drug-likeness (QED) is 0.658. The monoisotopic (exact) mass is 251 g/mol. The Kier molecular flexibility index (Phi) is 7.06. The van der Waals surface area contributed by atoms with Crippen molar-refractivity contribution in [3.63, 3.8) is 0 Å². The van der Waals surface area contributed by atoms with Gasteiger partial charge < -0.3 is 15.6 Å². The third kappa shape index (κ3) is 5.80. The van der Waals surface area contributed by atoms with E-state index < -0.39 is 5.97 Å². The van der Waals surface area contributed by atoms with Gasteiger partial charge in [0.2, 0.25) is 0 Å². The molecule has 0 aliphatic heterocycles. The van der Waals surface area contributed by atoms with Crippen LogP contribution in [0, 0.1) is 0 Å². The van der Waals surface area contributed by atoms with Gasteiger partial charge in [0.15, 0.2) is 0 Å². The maximum absolute atomic E-state index is 10.9. The number of rotatable bonds is 9. The molecule has 0 saturated heterocycles. The van der Waals surface area contributed by atoms with Crippen molar-refractivity contribution in [1.82, 2.24) is 0 Å². The average Bonchev–Trinajstić information content (AvgIpc) is 2.38. The zero-order valence-electron chi connectivity index (χ0n) is 10.5. The normalized spacial score (nSPS) is 12.3. The van der Waals surface area contributed by atoms with E-state index in [1.165, 1.54) is 0 Å². The van der Waals surface area contributed by atoms with E-state index in [0.717, 1.165) is 18.4 Å². The minimum atomic E-state index is -0.758. The number of benzene rings is 1. The molecule has 3 N–H and O–H groups in total. The van der Waals surface area contributed by atoms with Gasteiger partial charge in [0, 0.05) is 13.2 Å². The standard InChI is InChI=1S/C14H21NO3/c15-8-10-18-9-4-7-13(11-14(16)17)12-5-2-1-3-6-12/h1-3,5-6,13H,4,7-11,15H2,(H,16,17). The van der Waals surface area contributed by atoms with Crippen LogP contribution < -0.4 is 5.73 Å². The Morgan fingerprint density at radius 1 is 1.28 bits per heavy atom. The number of aliphatic carboxylic acids is 1. The maximum atomic E-state index is 10.9. The van der Waals surface area contributed by atoms with Crippen LogP contribution in [0.1, 0.15) is 30.7 Å². The first kappa shape index (κ1) is 14.7. The SMILES string of the molecule is NCCOCCCC(CC(=O)O)c1ccccc1. The summed E-state index contributed by atoms with van der Waals surface area (Å²) < 4.78 is 5.30. The van der Waals surface area contributed by atoms with Crippen molar-refractivity contribution in [1.29, 1.82) is 0 Å². The molecule has 18 heavy (non-hydrogen) atoms. The van der Waals surface area contributed by atoms with Gasteiger partial charge in [-0.05, 0) is 24.3 Å². The number of carboxylic acid groups (broad SMARTS) is 1. The Hall–Kier alpha value is -1.39. The van der Waals surface area contributed by atoms with E-state index in [9.17, 15) is 4.79 Å². The molecular weight excluding hydrogens is 230 g/mol. The van der Waals surface area contributed by atoms with Crippen LogP contribution in [0.5, 0.6) is 0 Å². The molecule has 0 bridgehead atoms. The van der Waals surface area contributed by atoms with Crippen molar-refractivity contribution in [2.75, 3.05) is 19.8 Å². The first-order valence-electron chi connectivity index (χ1n) is 6.28. The molecule has 1 aromatic carbocycles. The number of nitrogens with two attached hydrogens (primary N) is 1. The summed E-state index contributed by atoms with van der Waals surface area (Å²) in [7, 11) is 0. The van der Waals surface area contributed by atoms with E-state index in [1.807, 2.05) is 30.3 Å². The summed E-state index contributed by atoms with van der Waals surface area (Å²) in [5.74, 6) is -0.697. The van der Waals surface area contributed by atoms with Gasteiger partial charge in [-0.25, -0.2) is 0 Å². The molecule has 1 rings (SSSR count). The molecule has 1 atom stereocenters. The summed E-state index contributed by atoms with van der Waals surface area (Å²) in [6.07, 6.45) is 1.84. The fourth-order valence-electron chi connectivity index (χ4n) is 1.94. The van der Waals surface area contributed by atoms with Crippen molar-refractivity contribution in [2.24, 2.45) is 5.73 Å². The fraction of sp³-hybridized carbons (Fsp3) is 0.500. The Balaban J connectivity index is 2.44. The Morgan fingerprint density at radius 2 is 2.00 bits per heavy atom. The van der Waals surface area contributed by atoms with Crippen molar-refractivity contribution in [3.05, 3.63) is 35.9 Å². The molecule has 0 spiro atoms. The Morgan fingerprint density at radius 3 is 2.61 bits per heavy atom. The van der Waals surface area contributed by atoms with E-state index in [1.54, 1.807) is 0 Å². The largest absolute Gasteiger partial charge is 0.481 e. The highest BCUT2D eigenvalue weighted by atomic mass is 16.5. The molecule has 0 radical (unpaired) electrons. The lowest BCUT2D eigenvalue weighted by Crippen LogP contribution is -2.11. The minimum Gasteiger partial charge on any atom is -0.481 e. The molecule has 0 aliphatic rings. The predicted octanol–water partition coefficient (Wildman–Crippen LogP) is 2.00. The second-order valence-corrected chi connectivity index (χ2v) is 4.25. The second kappa shape index (κ2) is 8.66. The zero-order valence-corrected chi connectivity index (χ0v) is 10.5. The van der Waals surface area contributed by atoms with Crippen LogP contribution in [-0.4, -0.2) is 30.8 Å². The lowest BCUT2D eigenvalue weighted by molar-refractivity contribution is -0.137. The van der Waals surface area contributed by atoms with Crippen LogP contribution in [-0.2, 0) is 9.53 Å². The first-order valence-corrected chi connectivity index (χ1v) is 6.28. The first-order chi connectivity index (χ1) is 8.74. The summed E-state index contributed by atoms with van der Waals surface area (Å²) in [4.78, 5) is 10.9. The smallest absolute Gasteiger partial charge is 0.303 e. The number of hydrogen-bond acceptors (Lipinski definition) is 3. The van der Waals surface area contributed by atoms with Crippen molar-refractivity contribution >= 4 is 5.97 Å². The molecule has 1 aromatic rings. The zero-order chi connectivity index (χ0) is 13.2. The van der Waals surface area contributed by atoms with Gasteiger partial charge in [-0.2, -0.15) is 0 Å². The van der Waals surface area contributed by atoms with Gasteiger partial charge in [0.1, 0.15) is 0 Å². The molecule has 4 nitrogen and oxygen atoms in total. The third-order valence-corrected chi connectivity index (χ3v) is 2.80. The molecule has 0 heterocycles. The number of ether oxygens (including phenoxy) is 1. The summed E-state index contributed by atoms with van der Waals surface area (Å²) in [5, 5.41) is 8.94. The highest BCUT2D eigenvalue weighted by molar-refractivity contribution is 5.68. The van der Waals surface area contributed by atoms with Crippen molar-refractivity contribution < 1.29 is 14.6 Å². The lowest BCUT2D eigenvalue weighted by atomic mass is 9.91. The van der Waals surface area contributed by atoms with E-state index in [-0.39, 0.29) is 12.3 Å². The van der Waals surface area contributed by atoms with E-state index >= 15 is 0 Å². The van der Waals surface area contributed by atoms with E-state index in [2.05, 4.69) is 0 Å². The van der Waals surface area contributed by atoms with E-state index in [4.69, 9.17) is 15.6 Å². The highest BCUT2D eigenvalue weighted by Gasteiger charge is 2.14. The Bertz CT molecular complexity index is 340. The molecule has 4 heteroatoms. The van der Waals surface area contributed by atoms with Crippen LogP contribution in [0.2, 0.25) is 0 Å². The molecule has 0 fully saturated rings. The third-order valence-electron chi connectivity index (χ3n) is 2.80. The summed E-state index contributed by atoms with van der Waals surface area (Å²) >= 11 is 0. The minimum absolute atomic E-state index is 0.0603. The highest BCUT2D eigenvalue weighted by Crippen LogP contribution is 2.24. The van der Waals surface area contributed by atoms with Crippen LogP contribution in [0.25, 0.3) is 0 Å². The molecular formula is C14H21NO3. The molecule has 1 unspecified atom stereocenters. The van der Waals surface area contributed by atoms with Gasteiger partial charge in [-0.1, -0.05) is 30.3 Å². The fourth-order valence-corrected chi connectivity index (χ4v) is 1.94. The number of carbonyl (C=O) groups is 1. The molecule has 0 aliphatic carbocycles. The van der Waals surface area contributed by atoms with Crippen molar-refractivity contribution in [3.8, 4) is 0 Å². The number of carboxylic acids is 1. The average molecular weight is 251 g/mol. The Labute approximate surface area is 108 Å². The van der Waals surface area contributed by atoms with Crippen LogP contribution in [0.3, 0.4) is 0 Å². The molecule has 0 amide bonds. The van der Waals surface area contributed by atoms with E-state index in [0.29, 0.717) is 19.8 Å². The maximum Gasteiger partial charge on any atom is 0.303 e. The molecule has 0 aromatic heterocycles. The van der Waals surface area contributed by atoms with Crippen molar-refractivity contribution in [2.45, 2.75) is 25.2 Å². The molecule has 100 valence electrons. The molecule has 0 saturated carbocycles. The van der Waals surface area contributed by atoms with Crippen LogP contribution in [0.4, 0.5) is 0 Å². The van der Waals surface area contributed by atoms with Gasteiger partial charge in [-0.15, -0.1) is 0 Å². The summed E-state index contributed by atoms with van der Waals surface area (Å²) in [6.45, 7) is 1.73.